The van der Waals surface area contributed by atoms with Crippen LogP contribution >= 0.6 is 0 Å². The Kier molecular flexibility index (Phi) is 5.57. The normalized spacial score (nSPS) is 6.43. The molecular formula is C3H3FO2Zn. The van der Waals surface area contributed by atoms with Crippen LogP contribution in [-0.4, -0.2) is 11.1 Å². The molecule has 0 aromatic heterocycles. The monoisotopic (exact) mass is 154 g/mol. The molecule has 0 bridgehead atoms. The van der Waals surface area contributed by atoms with Crippen LogP contribution in [0.5, 0.6) is 0 Å². The molecule has 7 heavy (non-hydrogen) atoms. The van der Waals surface area contributed by atoms with Crippen molar-refractivity contribution in [3.05, 3.63) is 12.4 Å². The molecule has 0 saturated carbocycles. The zero-order valence-corrected chi connectivity index (χ0v) is 6.61. The minimum Gasteiger partial charge on any atom is -0.476 e. The number of halogens is 1. The van der Waals surface area contributed by atoms with Gasteiger partial charge in [0.1, 0.15) is 0 Å². The molecule has 0 amide bonds. The van der Waals surface area contributed by atoms with E-state index in [4.69, 9.17) is 5.11 Å². The summed E-state index contributed by atoms with van der Waals surface area (Å²) in [6.45, 7) is 2.49. The zero-order valence-electron chi connectivity index (χ0n) is 3.65. The Balaban J connectivity index is 0. The molecule has 0 heterocycles. The molecule has 0 aromatic rings. The van der Waals surface area contributed by atoms with Crippen LogP contribution in [-0.2, 0) is 24.3 Å². The first-order valence-electron chi connectivity index (χ1n) is 1.22. The Hall–Kier alpha value is -0.237. The molecule has 4 heteroatoms. The average Bonchev–Trinajstić information content (AvgIpc) is 1.36. The van der Waals surface area contributed by atoms with Gasteiger partial charge in [-0.1, -0.05) is 6.58 Å². The first-order chi connectivity index (χ1) is 2.64. The van der Waals surface area contributed by atoms with Crippen LogP contribution in [0, 0.1) is 0 Å². The summed E-state index contributed by atoms with van der Waals surface area (Å²) < 4.78 is 11.0. The van der Waals surface area contributed by atoms with Crippen molar-refractivity contribution in [2.45, 2.75) is 0 Å². The number of hydrogen-bond donors (Lipinski definition) is 1. The van der Waals surface area contributed by atoms with Crippen LogP contribution in [0.2, 0.25) is 0 Å². The molecule has 0 aliphatic rings. The van der Waals surface area contributed by atoms with Crippen LogP contribution in [0.4, 0.5) is 4.39 Å². The summed E-state index contributed by atoms with van der Waals surface area (Å²) >= 11 is 0. The van der Waals surface area contributed by atoms with Crippen molar-refractivity contribution in [1.29, 1.82) is 0 Å². The summed E-state index contributed by atoms with van der Waals surface area (Å²) in [5, 5.41) is 7.52. The number of aliphatic carboxylic acids is 1. The topological polar surface area (TPSA) is 37.3 Å². The van der Waals surface area contributed by atoms with E-state index in [0.29, 0.717) is 0 Å². The minimum atomic E-state index is -1.60. The van der Waals surface area contributed by atoms with E-state index in [-0.39, 0.29) is 19.5 Å². The van der Waals surface area contributed by atoms with Crippen molar-refractivity contribution in [1.82, 2.24) is 0 Å². The van der Waals surface area contributed by atoms with Crippen LogP contribution in [0.1, 0.15) is 0 Å². The largest absolute Gasteiger partial charge is 0.476 e. The van der Waals surface area contributed by atoms with Gasteiger partial charge in [-0.3, -0.25) is 0 Å². The van der Waals surface area contributed by atoms with Gasteiger partial charge in [0, 0.05) is 19.5 Å². The fourth-order valence-corrected chi connectivity index (χ4v) is 0. The van der Waals surface area contributed by atoms with Gasteiger partial charge < -0.3 is 5.11 Å². The van der Waals surface area contributed by atoms with Crippen molar-refractivity contribution in [2.75, 3.05) is 0 Å². The number of rotatable bonds is 1. The van der Waals surface area contributed by atoms with E-state index in [1.807, 2.05) is 0 Å². The molecule has 0 saturated heterocycles. The zero-order chi connectivity index (χ0) is 5.15. The SMILES string of the molecule is C=C(F)C(=O)O.[Zn]. The smallest absolute Gasteiger partial charge is 0.364 e. The van der Waals surface area contributed by atoms with Crippen molar-refractivity contribution in [2.24, 2.45) is 0 Å². The maximum absolute atomic E-state index is 11.0. The van der Waals surface area contributed by atoms with E-state index in [1.54, 1.807) is 0 Å². The molecule has 0 radical (unpaired) electrons. The molecule has 0 spiro atoms. The molecule has 0 aliphatic carbocycles. The van der Waals surface area contributed by atoms with Crippen LogP contribution in [0.15, 0.2) is 12.4 Å². The molecule has 0 aliphatic heterocycles. The van der Waals surface area contributed by atoms with Crippen molar-refractivity contribution < 1.29 is 33.8 Å². The van der Waals surface area contributed by atoms with Gasteiger partial charge in [-0.15, -0.1) is 0 Å². The molecule has 36 valence electrons. The van der Waals surface area contributed by atoms with Crippen LogP contribution in [0.3, 0.4) is 0 Å². The van der Waals surface area contributed by atoms with Gasteiger partial charge in [-0.25, -0.2) is 4.79 Å². The number of hydrogen-bond acceptors (Lipinski definition) is 1. The van der Waals surface area contributed by atoms with Crippen molar-refractivity contribution >= 4 is 5.97 Å². The standard InChI is InChI=1S/C3H3FO2.Zn/c1-2(4)3(5)6;/h1H2,(H,5,6);. The fourth-order valence-electron chi connectivity index (χ4n) is 0. The van der Waals surface area contributed by atoms with Gasteiger partial charge in [0.15, 0.2) is 0 Å². The summed E-state index contributed by atoms with van der Waals surface area (Å²) in [7, 11) is 0. The molecule has 0 atom stereocenters. The third kappa shape index (κ3) is 5.76. The maximum atomic E-state index is 11.0. The third-order valence-corrected chi connectivity index (χ3v) is 0.232. The van der Waals surface area contributed by atoms with E-state index in [9.17, 15) is 9.18 Å². The molecule has 2 nitrogen and oxygen atoms in total. The molecule has 1 N–H and O–H groups in total. The molecular weight excluding hydrogens is 152 g/mol. The summed E-state index contributed by atoms with van der Waals surface area (Å²) in [6.07, 6.45) is 0. The first kappa shape index (κ1) is 9.90. The average molecular weight is 155 g/mol. The molecule has 0 rings (SSSR count). The first-order valence-corrected chi connectivity index (χ1v) is 1.22. The van der Waals surface area contributed by atoms with E-state index >= 15 is 0 Å². The summed E-state index contributed by atoms with van der Waals surface area (Å²) in [5.41, 5.74) is 0. The van der Waals surface area contributed by atoms with Crippen LogP contribution < -0.4 is 0 Å². The summed E-state index contributed by atoms with van der Waals surface area (Å²) in [6, 6.07) is 0. The summed E-state index contributed by atoms with van der Waals surface area (Å²) in [5.74, 6) is -2.93. The molecule has 0 fully saturated rings. The molecule has 0 aromatic carbocycles. The van der Waals surface area contributed by atoms with Crippen molar-refractivity contribution in [3.8, 4) is 0 Å². The van der Waals surface area contributed by atoms with Gasteiger partial charge in [0.2, 0.25) is 5.83 Å². The van der Waals surface area contributed by atoms with E-state index in [2.05, 4.69) is 6.58 Å². The predicted molar refractivity (Wildman–Crippen MR) is 17.9 cm³/mol. The van der Waals surface area contributed by atoms with Gasteiger partial charge in [-0.2, -0.15) is 4.39 Å². The second-order valence-corrected chi connectivity index (χ2v) is 0.710. The Bertz CT molecular complexity index is 78.9. The summed E-state index contributed by atoms with van der Waals surface area (Å²) in [4.78, 5) is 9.22. The Morgan fingerprint density at radius 2 is 1.86 bits per heavy atom. The number of carboxylic acids is 1. The van der Waals surface area contributed by atoms with Crippen molar-refractivity contribution in [3.63, 3.8) is 0 Å². The Labute approximate surface area is 52.8 Å². The second-order valence-electron chi connectivity index (χ2n) is 0.710. The minimum absolute atomic E-state index is 0. The van der Waals surface area contributed by atoms with E-state index in [1.165, 1.54) is 0 Å². The quantitative estimate of drug-likeness (QED) is 0.444. The fraction of sp³-hybridized carbons (Fsp3) is 0. The predicted octanol–water partition coefficient (Wildman–Crippen LogP) is 0.552. The number of carboxylic acid groups (broad SMARTS) is 1. The second kappa shape index (κ2) is 3.94. The van der Waals surface area contributed by atoms with E-state index in [0.717, 1.165) is 0 Å². The molecule has 0 unspecified atom stereocenters. The Morgan fingerprint density at radius 1 is 1.71 bits per heavy atom. The Morgan fingerprint density at radius 3 is 1.86 bits per heavy atom. The van der Waals surface area contributed by atoms with Gasteiger partial charge >= 0.3 is 5.97 Å². The van der Waals surface area contributed by atoms with Gasteiger partial charge in [0.05, 0.1) is 0 Å². The van der Waals surface area contributed by atoms with Crippen LogP contribution in [0.25, 0.3) is 0 Å². The van der Waals surface area contributed by atoms with E-state index < -0.39 is 11.8 Å². The number of carbonyl (C=O) groups is 1. The maximum Gasteiger partial charge on any atom is 0.364 e. The van der Waals surface area contributed by atoms with Gasteiger partial charge in [-0.05, 0) is 0 Å². The van der Waals surface area contributed by atoms with Gasteiger partial charge in [0.25, 0.3) is 0 Å². The third-order valence-electron chi connectivity index (χ3n) is 0.232.